The van der Waals surface area contributed by atoms with E-state index in [1.165, 1.54) is 19.3 Å². The van der Waals surface area contributed by atoms with E-state index in [9.17, 15) is 4.79 Å². The third-order valence-corrected chi connectivity index (χ3v) is 3.27. The van der Waals surface area contributed by atoms with E-state index < -0.39 is 0 Å². The van der Waals surface area contributed by atoms with E-state index in [0.717, 1.165) is 31.1 Å². The molecule has 0 aromatic rings. The predicted molar refractivity (Wildman–Crippen MR) is 74.0 cm³/mol. The fourth-order valence-electron chi connectivity index (χ4n) is 1.79. The Balaban J connectivity index is 3.60. The zero-order valence-corrected chi connectivity index (χ0v) is 12.3. The molecule has 0 aromatic carbocycles. The lowest BCUT2D eigenvalue weighted by molar-refractivity contribution is -0.121. The Bertz CT molecular complexity index is 167. The summed E-state index contributed by atoms with van der Waals surface area (Å²) in [5.74, 6) is 0.864. The summed E-state index contributed by atoms with van der Waals surface area (Å²) in [6.45, 7) is 5.21. The van der Waals surface area contributed by atoms with Gasteiger partial charge in [0.15, 0.2) is 0 Å². The molecule has 96 valence electrons. The van der Waals surface area contributed by atoms with E-state index in [4.69, 9.17) is 0 Å². The number of carbonyl (C=O) groups is 1. The summed E-state index contributed by atoms with van der Waals surface area (Å²) in [6.07, 6.45) is 7.62. The van der Waals surface area contributed by atoms with Gasteiger partial charge in [0.05, 0.1) is 0 Å². The molecular weight excluding hydrogens is 266 g/mol. The molecule has 0 aromatic heterocycles. The Morgan fingerprint density at radius 1 is 1.19 bits per heavy atom. The standard InChI is InChI=1S/C13H26BrNO/c1-3-5-6-8-13(16)15-11-12(7-4-2)9-10-14/h12H,3-11H2,1-2H3,(H,15,16). The normalized spacial score (nSPS) is 12.4. The van der Waals surface area contributed by atoms with Gasteiger partial charge >= 0.3 is 0 Å². The Morgan fingerprint density at radius 3 is 2.50 bits per heavy atom. The number of hydrogen-bond acceptors (Lipinski definition) is 1. The van der Waals surface area contributed by atoms with Crippen molar-refractivity contribution in [2.45, 2.75) is 58.8 Å². The van der Waals surface area contributed by atoms with E-state index in [2.05, 4.69) is 35.1 Å². The Hall–Kier alpha value is -0.0500. The number of unbranched alkanes of at least 4 members (excludes halogenated alkanes) is 2. The van der Waals surface area contributed by atoms with E-state index in [1.807, 2.05) is 0 Å². The predicted octanol–water partition coefficient (Wildman–Crippen LogP) is 3.88. The van der Waals surface area contributed by atoms with E-state index in [1.54, 1.807) is 0 Å². The van der Waals surface area contributed by atoms with Crippen molar-refractivity contribution in [3.05, 3.63) is 0 Å². The molecule has 0 spiro atoms. The molecule has 0 rings (SSSR count). The molecule has 0 saturated carbocycles. The first-order valence-electron chi connectivity index (χ1n) is 6.57. The number of amides is 1. The molecule has 0 aliphatic rings. The number of rotatable bonds is 10. The van der Waals surface area contributed by atoms with Crippen LogP contribution in [-0.4, -0.2) is 17.8 Å². The summed E-state index contributed by atoms with van der Waals surface area (Å²) < 4.78 is 0. The quantitative estimate of drug-likeness (QED) is 0.480. The van der Waals surface area contributed by atoms with Crippen molar-refractivity contribution in [1.82, 2.24) is 5.32 Å². The molecule has 0 heterocycles. The maximum absolute atomic E-state index is 11.5. The second-order valence-corrected chi connectivity index (χ2v) is 5.19. The van der Waals surface area contributed by atoms with Crippen LogP contribution in [-0.2, 0) is 4.79 Å². The summed E-state index contributed by atoms with van der Waals surface area (Å²) in [4.78, 5) is 11.5. The van der Waals surface area contributed by atoms with Gasteiger partial charge in [0.2, 0.25) is 5.91 Å². The minimum Gasteiger partial charge on any atom is -0.356 e. The lowest BCUT2D eigenvalue weighted by Crippen LogP contribution is -2.29. The maximum atomic E-state index is 11.5. The number of halogens is 1. The van der Waals surface area contributed by atoms with Gasteiger partial charge in [-0.2, -0.15) is 0 Å². The Morgan fingerprint density at radius 2 is 1.94 bits per heavy atom. The van der Waals surface area contributed by atoms with Gasteiger partial charge in [-0.15, -0.1) is 0 Å². The third kappa shape index (κ3) is 9.20. The fourth-order valence-corrected chi connectivity index (χ4v) is 2.44. The minimum absolute atomic E-state index is 0.226. The highest BCUT2D eigenvalue weighted by molar-refractivity contribution is 9.09. The van der Waals surface area contributed by atoms with Gasteiger partial charge < -0.3 is 5.32 Å². The zero-order valence-electron chi connectivity index (χ0n) is 10.7. The van der Waals surface area contributed by atoms with Gasteiger partial charge in [0.1, 0.15) is 0 Å². The SMILES string of the molecule is CCCCCC(=O)NCC(CCC)CCBr. The molecule has 0 aliphatic heterocycles. The maximum Gasteiger partial charge on any atom is 0.220 e. The van der Waals surface area contributed by atoms with Crippen molar-refractivity contribution >= 4 is 21.8 Å². The average molecular weight is 292 g/mol. The van der Waals surface area contributed by atoms with Crippen molar-refractivity contribution in [2.75, 3.05) is 11.9 Å². The first-order chi connectivity index (χ1) is 7.74. The molecule has 16 heavy (non-hydrogen) atoms. The van der Waals surface area contributed by atoms with Gasteiger partial charge in [0.25, 0.3) is 0 Å². The van der Waals surface area contributed by atoms with Gasteiger partial charge in [-0.25, -0.2) is 0 Å². The first-order valence-corrected chi connectivity index (χ1v) is 7.69. The molecule has 0 aliphatic carbocycles. The fraction of sp³-hybridized carbons (Fsp3) is 0.923. The molecule has 0 fully saturated rings. The summed E-state index contributed by atoms with van der Waals surface area (Å²) in [6, 6.07) is 0. The molecule has 1 N–H and O–H groups in total. The van der Waals surface area contributed by atoms with Crippen LogP contribution in [0.3, 0.4) is 0 Å². The third-order valence-electron chi connectivity index (χ3n) is 2.81. The molecule has 1 amide bonds. The Labute approximate surface area is 109 Å². The van der Waals surface area contributed by atoms with Gasteiger partial charge in [0, 0.05) is 18.3 Å². The molecule has 0 bridgehead atoms. The van der Waals surface area contributed by atoms with Crippen LogP contribution >= 0.6 is 15.9 Å². The van der Waals surface area contributed by atoms with E-state index >= 15 is 0 Å². The summed E-state index contributed by atoms with van der Waals surface area (Å²) in [5.41, 5.74) is 0. The summed E-state index contributed by atoms with van der Waals surface area (Å²) in [7, 11) is 0. The lowest BCUT2D eigenvalue weighted by atomic mass is 10.0. The second kappa shape index (κ2) is 11.4. The highest BCUT2D eigenvalue weighted by Gasteiger charge is 2.08. The van der Waals surface area contributed by atoms with Crippen molar-refractivity contribution in [3.8, 4) is 0 Å². The zero-order chi connectivity index (χ0) is 12.2. The molecule has 3 heteroatoms. The van der Waals surface area contributed by atoms with E-state index in [-0.39, 0.29) is 5.91 Å². The number of hydrogen-bond donors (Lipinski definition) is 1. The number of alkyl halides is 1. The van der Waals surface area contributed by atoms with Crippen LogP contribution in [0.25, 0.3) is 0 Å². The van der Waals surface area contributed by atoms with Gasteiger partial charge in [-0.1, -0.05) is 49.0 Å². The lowest BCUT2D eigenvalue weighted by Gasteiger charge is -2.15. The van der Waals surface area contributed by atoms with Crippen LogP contribution in [0.5, 0.6) is 0 Å². The van der Waals surface area contributed by atoms with Crippen LogP contribution in [0, 0.1) is 5.92 Å². The van der Waals surface area contributed by atoms with Crippen LogP contribution in [0.4, 0.5) is 0 Å². The van der Waals surface area contributed by atoms with Crippen LogP contribution in [0.15, 0.2) is 0 Å². The minimum atomic E-state index is 0.226. The van der Waals surface area contributed by atoms with E-state index in [0.29, 0.717) is 12.3 Å². The highest BCUT2D eigenvalue weighted by atomic mass is 79.9. The van der Waals surface area contributed by atoms with Crippen LogP contribution in [0.1, 0.15) is 58.8 Å². The molecule has 2 nitrogen and oxygen atoms in total. The van der Waals surface area contributed by atoms with Crippen molar-refractivity contribution in [2.24, 2.45) is 5.92 Å². The van der Waals surface area contributed by atoms with Crippen molar-refractivity contribution < 1.29 is 4.79 Å². The molecular formula is C13H26BrNO. The average Bonchev–Trinajstić information content (AvgIpc) is 2.27. The second-order valence-electron chi connectivity index (χ2n) is 4.39. The van der Waals surface area contributed by atoms with Crippen LogP contribution in [0.2, 0.25) is 0 Å². The molecule has 0 saturated heterocycles. The Kier molecular flexibility index (Phi) is 11.4. The monoisotopic (exact) mass is 291 g/mol. The van der Waals surface area contributed by atoms with Gasteiger partial charge in [-0.05, 0) is 25.2 Å². The summed E-state index contributed by atoms with van der Waals surface area (Å²) in [5, 5.41) is 4.08. The summed E-state index contributed by atoms with van der Waals surface area (Å²) >= 11 is 3.47. The van der Waals surface area contributed by atoms with Gasteiger partial charge in [-0.3, -0.25) is 4.79 Å². The number of nitrogens with one attached hydrogen (secondary N) is 1. The molecule has 1 unspecified atom stereocenters. The molecule has 0 radical (unpaired) electrons. The molecule has 1 atom stereocenters. The van der Waals surface area contributed by atoms with Crippen molar-refractivity contribution in [1.29, 1.82) is 0 Å². The smallest absolute Gasteiger partial charge is 0.220 e. The van der Waals surface area contributed by atoms with Crippen LogP contribution < -0.4 is 5.32 Å². The highest BCUT2D eigenvalue weighted by Crippen LogP contribution is 2.11. The first kappa shape index (κ1) is 16.0. The topological polar surface area (TPSA) is 29.1 Å². The largest absolute Gasteiger partial charge is 0.356 e. The van der Waals surface area contributed by atoms with Crippen molar-refractivity contribution in [3.63, 3.8) is 0 Å². The number of carbonyl (C=O) groups excluding carboxylic acids is 1.